The van der Waals surface area contributed by atoms with E-state index in [0.29, 0.717) is 17.2 Å². The van der Waals surface area contributed by atoms with Crippen LogP contribution < -0.4 is 5.73 Å². The number of fused-ring (bicyclic) bond motifs is 3. The Kier molecular flexibility index (Phi) is 3.46. The van der Waals surface area contributed by atoms with E-state index in [0.717, 1.165) is 30.4 Å². The van der Waals surface area contributed by atoms with E-state index in [1.165, 1.54) is 0 Å². The third kappa shape index (κ3) is 2.05. The Morgan fingerprint density at radius 2 is 2.19 bits per heavy atom. The maximum atomic E-state index is 12.9. The fourth-order valence-corrected chi connectivity index (χ4v) is 3.85. The van der Waals surface area contributed by atoms with Crippen molar-refractivity contribution in [3.8, 4) is 0 Å². The highest BCUT2D eigenvalue weighted by Crippen LogP contribution is 2.38. The van der Waals surface area contributed by atoms with Crippen LogP contribution >= 0.6 is 12.4 Å². The summed E-state index contributed by atoms with van der Waals surface area (Å²) >= 11 is 0. The summed E-state index contributed by atoms with van der Waals surface area (Å²) in [5, 5.41) is 0.990. The normalized spacial score (nSPS) is 27.1. The lowest BCUT2D eigenvalue weighted by Gasteiger charge is -2.23. The molecule has 2 N–H and O–H groups in total. The van der Waals surface area contributed by atoms with Gasteiger partial charge in [-0.05, 0) is 38.3 Å². The molecule has 0 unspecified atom stereocenters. The highest BCUT2D eigenvalue weighted by Gasteiger charge is 2.47. The fraction of sp³-hybridized carbons (Fsp3) is 0.438. The lowest BCUT2D eigenvalue weighted by atomic mass is 9.97. The van der Waals surface area contributed by atoms with Crippen LogP contribution in [0.1, 0.15) is 35.4 Å². The van der Waals surface area contributed by atoms with Gasteiger partial charge in [-0.1, -0.05) is 12.1 Å². The molecule has 3 heterocycles. The van der Waals surface area contributed by atoms with Crippen LogP contribution in [0.2, 0.25) is 0 Å². The molecular formula is C16H19ClN2O2. The first kappa shape index (κ1) is 14.4. The summed E-state index contributed by atoms with van der Waals surface area (Å²) < 4.78 is 5.72. The third-order valence-electron chi connectivity index (χ3n) is 4.72. The summed E-state index contributed by atoms with van der Waals surface area (Å²) in [7, 11) is 0. The molecule has 1 aromatic carbocycles. The van der Waals surface area contributed by atoms with Gasteiger partial charge in [0.15, 0.2) is 0 Å². The Morgan fingerprint density at radius 1 is 1.38 bits per heavy atom. The van der Waals surface area contributed by atoms with Gasteiger partial charge < -0.3 is 15.1 Å². The summed E-state index contributed by atoms with van der Waals surface area (Å²) in [6.07, 6.45) is 3.05. The Hall–Kier alpha value is -1.52. The van der Waals surface area contributed by atoms with Gasteiger partial charge in [-0.25, -0.2) is 0 Å². The third-order valence-corrected chi connectivity index (χ3v) is 4.72. The Bertz CT molecular complexity index is 697. The number of carbonyl (C=O) groups is 1. The van der Waals surface area contributed by atoms with Crippen LogP contribution in [-0.4, -0.2) is 28.9 Å². The first-order valence-electron chi connectivity index (χ1n) is 7.22. The number of rotatable bonds is 1. The van der Waals surface area contributed by atoms with Crippen molar-refractivity contribution in [1.29, 1.82) is 0 Å². The minimum Gasteiger partial charge on any atom is -0.461 e. The molecule has 2 aliphatic heterocycles. The first-order chi connectivity index (χ1) is 9.65. The maximum Gasteiger partial charge on any atom is 0.258 e. The molecule has 2 saturated heterocycles. The van der Waals surface area contributed by atoms with Gasteiger partial charge in [-0.2, -0.15) is 0 Å². The monoisotopic (exact) mass is 306 g/mol. The molecule has 4 nitrogen and oxygen atoms in total. The average molecular weight is 307 g/mol. The van der Waals surface area contributed by atoms with Gasteiger partial charge in [0.25, 0.3) is 5.91 Å². The van der Waals surface area contributed by atoms with Crippen LogP contribution in [0.25, 0.3) is 11.0 Å². The zero-order valence-corrected chi connectivity index (χ0v) is 12.7. The van der Waals surface area contributed by atoms with Gasteiger partial charge in [0.2, 0.25) is 0 Å². The standard InChI is InChI=1S/C16H18N2O2.ClH/c1-9-7-10-3-2-4-12(15(10)20-9)16(19)18-11-5-6-14(18)13(17)8-11;/h2-4,7,11,13-14H,5-6,8,17H2,1H3;1H/t11-,13-,14+;/m1./s1. The van der Waals surface area contributed by atoms with E-state index < -0.39 is 0 Å². The molecule has 5 heteroatoms. The predicted molar refractivity (Wildman–Crippen MR) is 83.8 cm³/mol. The van der Waals surface area contributed by atoms with Crippen molar-refractivity contribution in [1.82, 2.24) is 4.90 Å². The van der Waals surface area contributed by atoms with Crippen molar-refractivity contribution in [2.24, 2.45) is 5.73 Å². The fourth-order valence-electron chi connectivity index (χ4n) is 3.85. The number of hydrogen-bond acceptors (Lipinski definition) is 3. The Morgan fingerprint density at radius 3 is 2.86 bits per heavy atom. The van der Waals surface area contributed by atoms with Crippen LogP contribution in [0.4, 0.5) is 0 Å². The molecule has 1 amide bonds. The lowest BCUT2D eigenvalue weighted by molar-refractivity contribution is 0.0727. The van der Waals surface area contributed by atoms with Crippen molar-refractivity contribution in [3.05, 3.63) is 35.6 Å². The Balaban J connectivity index is 0.00000132. The summed E-state index contributed by atoms with van der Waals surface area (Å²) in [4.78, 5) is 14.9. The van der Waals surface area contributed by atoms with E-state index in [9.17, 15) is 4.79 Å². The van der Waals surface area contributed by atoms with Gasteiger partial charge in [0, 0.05) is 23.5 Å². The molecule has 2 fully saturated rings. The highest BCUT2D eigenvalue weighted by molar-refractivity contribution is 6.05. The smallest absolute Gasteiger partial charge is 0.258 e. The van der Waals surface area contributed by atoms with Crippen LogP contribution in [0, 0.1) is 6.92 Å². The molecule has 21 heavy (non-hydrogen) atoms. The van der Waals surface area contributed by atoms with E-state index >= 15 is 0 Å². The second-order valence-corrected chi connectivity index (χ2v) is 5.99. The molecule has 1 aromatic heterocycles. The van der Waals surface area contributed by atoms with Crippen LogP contribution in [0.15, 0.2) is 28.7 Å². The van der Waals surface area contributed by atoms with Gasteiger partial charge >= 0.3 is 0 Å². The van der Waals surface area contributed by atoms with Gasteiger partial charge in [0.1, 0.15) is 11.3 Å². The number of hydrogen-bond donors (Lipinski definition) is 1. The van der Waals surface area contributed by atoms with E-state index in [1.807, 2.05) is 36.1 Å². The molecule has 0 radical (unpaired) electrons. The molecular weight excluding hydrogens is 288 g/mol. The number of nitrogens with zero attached hydrogens (tertiary/aromatic N) is 1. The maximum absolute atomic E-state index is 12.9. The average Bonchev–Trinajstić information content (AvgIpc) is 3.07. The Labute approximate surface area is 129 Å². The largest absolute Gasteiger partial charge is 0.461 e. The van der Waals surface area contributed by atoms with Crippen LogP contribution in [-0.2, 0) is 0 Å². The highest BCUT2D eigenvalue weighted by atomic mass is 35.5. The van der Waals surface area contributed by atoms with Crippen molar-refractivity contribution in [2.75, 3.05) is 0 Å². The molecule has 2 aromatic rings. The summed E-state index contributed by atoms with van der Waals surface area (Å²) in [6.45, 7) is 1.91. The number of nitrogens with two attached hydrogens (primary N) is 1. The van der Waals surface area contributed by atoms with Gasteiger partial charge in [-0.15, -0.1) is 12.4 Å². The number of halogens is 1. The van der Waals surface area contributed by atoms with E-state index in [1.54, 1.807) is 0 Å². The number of benzene rings is 1. The van der Waals surface area contributed by atoms with Crippen LogP contribution in [0.5, 0.6) is 0 Å². The van der Waals surface area contributed by atoms with E-state index in [2.05, 4.69) is 0 Å². The predicted octanol–water partition coefficient (Wildman–Crippen LogP) is 2.87. The SMILES string of the molecule is Cc1cc2cccc(C(=O)N3[C@@H]4CC[C@H]3[C@H](N)C4)c2o1.Cl. The zero-order valence-electron chi connectivity index (χ0n) is 11.9. The number of carbonyl (C=O) groups excluding carboxylic acids is 1. The number of para-hydroxylation sites is 1. The minimum atomic E-state index is 0. The van der Waals surface area contributed by atoms with Crippen LogP contribution in [0.3, 0.4) is 0 Å². The molecule has 2 bridgehead atoms. The van der Waals surface area contributed by atoms with Crippen molar-refractivity contribution < 1.29 is 9.21 Å². The zero-order chi connectivity index (χ0) is 13.9. The summed E-state index contributed by atoms with van der Waals surface area (Å²) in [6, 6.07) is 8.38. The van der Waals surface area contributed by atoms with Gasteiger partial charge in [0.05, 0.1) is 5.56 Å². The van der Waals surface area contributed by atoms with E-state index in [4.69, 9.17) is 10.2 Å². The number of amides is 1. The van der Waals surface area contributed by atoms with Gasteiger partial charge in [-0.3, -0.25) is 4.79 Å². The molecule has 2 aliphatic rings. The summed E-state index contributed by atoms with van der Waals surface area (Å²) in [5.74, 6) is 0.909. The topological polar surface area (TPSA) is 59.5 Å². The molecule has 0 aliphatic carbocycles. The minimum absolute atomic E-state index is 0. The van der Waals surface area contributed by atoms with Crippen molar-refractivity contribution in [2.45, 2.75) is 44.3 Å². The summed E-state index contributed by atoms with van der Waals surface area (Å²) in [5.41, 5.74) is 7.50. The molecule has 4 rings (SSSR count). The van der Waals surface area contributed by atoms with Crippen molar-refractivity contribution >= 4 is 29.3 Å². The molecule has 112 valence electrons. The quantitative estimate of drug-likeness (QED) is 0.881. The van der Waals surface area contributed by atoms with Crippen molar-refractivity contribution in [3.63, 3.8) is 0 Å². The molecule has 0 spiro atoms. The number of furan rings is 1. The molecule has 3 atom stereocenters. The second kappa shape index (κ2) is 5.04. The lowest BCUT2D eigenvalue weighted by Crippen LogP contribution is -2.40. The first-order valence-corrected chi connectivity index (χ1v) is 7.22. The number of aryl methyl sites for hydroxylation is 1. The second-order valence-electron chi connectivity index (χ2n) is 5.99. The van der Waals surface area contributed by atoms with E-state index in [-0.39, 0.29) is 30.4 Å². The molecule has 0 saturated carbocycles.